The highest BCUT2D eigenvalue weighted by Crippen LogP contribution is 2.38. The summed E-state index contributed by atoms with van der Waals surface area (Å²) in [7, 11) is 2.94. The third-order valence-electron chi connectivity index (χ3n) is 4.68. The smallest absolute Gasteiger partial charge is 0.332 e. The van der Waals surface area contributed by atoms with Crippen molar-refractivity contribution in [2.75, 3.05) is 5.73 Å². The summed E-state index contributed by atoms with van der Waals surface area (Å²) >= 11 is 12.5. The molecule has 0 aliphatic heterocycles. The third-order valence-corrected chi connectivity index (χ3v) is 5.22. The van der Waals surface area contributed by atoms with Crippen LogP contribution in [-0.2, 0) is 14.1 Å². The molecular weight excluding hydrogens is 387 g/mol. The molecule has 8 heteroatoms. The topological polar surface area (TPSA) is 82.9 Å². The Morgan fingerprint density at radius 3 is 2.44 bits per heavy atom. The lowest BCUT2D eigenvalue weighted by Gasteiger charge is -2.16. The van der Waals surface area contributed by atoms with Gasteiger partial charge in [-0.25, -0.2) is 9.78 Å². The van der Waals surface area contributed by atoms with Gasteiger partial charge in [-0.05, 0) is 18.2 Å². The fourth-order valence-corrected chi connectivity index (χ4v) is 3.65. The number of nitrogen functional groups attached to an aromatic ring is 1. The highest BCUT2D eigenvalue weighted by Gasteiger charge is 2.21. The van der Waals surface area contributed by atoms with Gasteiger partial charge in [-0.15, -0.1) is 0 Å². The average molecular weight is 401 g/mol. The van der Waals surface area contributed by atoms with E-state index < -0.39 is 11.2 Å². The Morgan fingerprint density at radius 1 is 0.963 bits per heavy atom. The Balaban J connectivity index is 2.35. The summed E-state index contributed by atoms with van der Waals surface area (Å²) in [6.45, 7) is 0. The first-order valence-corrected chi connectivity index (χ1v) is 8.80. The number of pyridine rings is 1. The molecule has 0 unspecified atom stereocenters. The van der Waals surface area contributed by atoms with E-state index in [-0.39, 0.29) is 11.4 Å². The van der Waals surface area contributed by atoms with Crippen molar-refractivity contribution in [1.29, 1.82) is 0 Å². The summed E-state index contributed by atoms with van der Waals surface area (Å²) in [4.78, 5) is 29.8. The Kier molecular flexibility index (Phi) is 3.98. The summed E-state index contributed by atoms with van der Waals surface area (Å²) in [5.41, 5.74) is 7.12. The number of para-hydroxylation sites is 1. The van der Waals surface area contributed by atoms with Crippen molar-refractivity contribution >= 4 is 50.8 Å². The van der Waals surface area contributed by atoms with E-state index in [9.17, 15) is 9.59 Å². The van der Waals surface area contributed by atoms with Crippen molar-refractivity contribution in [3.05, 3.63) is 67.3 Å². The fraction of sp³-hybridized carbons (Fsp3) is 0.105. The van der Waals surface area contributed by atoms with Crippen LogP contribution in [-0.4, -0.2) is 14.1 Å². The van der Waals surface area contributed by atoms with Crippen molar-refractivity contribution in [2.24, 2.45) is 14.1 Å². The lowest BCUT2D eigenvalue weighted by Crippen LogP contribution is -2.39. The molecule has 2 heterocycles. The number of benzene rings is 2. The first kappa shape index (κ1) is 17.6. The van der Waals surface area contributed by atoms with Gasteiger partial charge in [0, 0.05) is 35.5 Å². The fourth-order valence-electron chi connectivity index (χ4n) is 3.27. The minimum absolute atomic E-state index is 0.0758. The number of aromatic nitrogens is 3. The van der Waals surface area contributed by atoms with E-state index >= 15 is 0 Å². The SMILES string of the molecule is Cn1c(N)c(-c2c3ccc(Cl)cc3nc3c(Cl)cccc23)c(=O)n(C)c1=O. The van der Waals surface area contributed by atoms with Crippen LogP contribution in [0.2, 0.25) is 10.0 Å². The molecule has 0 saturated heterocycles. The minimum Gasteiger partial charge on any atom is -0.384 e. The van der Waals surface area contributed by atoms with Crippen LogP contribution in [0, 0.1) is 0 Å². The zero-order valence-electron chi connectivity index (χ0n) is 14.5. The normalized spacial score (nSPS) is 11.4. The van der Waals surface area contributed by atoms with Gasteiger partial charge in [0.15, 0.2) is 0 Å². The van der Waals surface area contributed by atoms with Crippen LogP contribution in [0.25, 0.3) is 32.9 Å². The predicted octanol–water partition coefficient (Wildman–Crippen LogP) is 3.34. The second kappa shape index (κ2) is 6.11. The molecule has 0 radical (unpaired) electrons. The largest absolute Gasteiger partial charge is 0.384 e. The maximum absolute atomic E-state index is 13.0. The second-order valence-corrected chi connectivity index (χ2v) is 7.09. The van der Waals surface area contributed by atoms with Crippen LogP contribution in [0.1, 0.15) is 0 Å². The van der Waals surface area contributed by atoms with E-state index in [4.69, 9.17) is 28.9 Å². The predicted molar refractivity (Wildman–Crippen MR) is 110 cm³/mol. The molecular formula is C19H14Cl2N4O2. The first-order chi connectivity index (χ1) is 12.8. The van der Waals surface area contributed by atoms with Gasteiger partial charge < -0.3 is 5.73 Å². The lowest BCUT2D eigenvalue weighted by molar-refractivity contribution is 0.697. The number of anilines is 1. The van der Waals surface area contributed by atoms with E-state index in [0.717, 1.165) is 4.57 Å². The second-order valence-electron chi connectivity index (χ2n) is 6.25. The molecule has 4 aromatic rings. The Labute approximate surface area is 163 Å². The van der Waals surface area contributed by atoms with Crippen LogP contribution in [0.15, 0.2) is 46.0 Å². The molecule has 0 aliphatic carbocycles. The summed E-state index contributed by atoms with van der Waals surface area (Å²) < 4.78 is 2.28. The number of hydrogen-bond donors (Lipinski definition) is 1. The van der Waals surface area contributed by atoms with Crippen molar-refractivity contribution < 1.29 is 0 Å². The van der Waals surface area contributed by atoms with Gasteiger partial charge in [0.25, 0.3) is 5.56 Å². The van der Waals surface area contributed by atoms with Crippen LogP contribution in [0.4, 0.5) is 5.82 Å². The zero-order chi connectivity index (χ0) is 19.5. The molecule has 4 rings (SSSR count). The molecule has 136 valence electrons. The number of nitrogens with zero attached hydrogens (tertiary/aromatic N) is 3. The molecule has 0 saturated carbocycles. The zero-order valence-corrected chi connectivity index (χ0v) is 16.0. The minimum atomic E-state index is -0.495. The van der Waals surface area contributed by atoms with E-state index in [1.807, 2.05) is 6.07 Å². The number of hydrogen-bond acceptors (Lipinski definition) is 4. The van der Waals surface area contributed by atoms with Gasteiger partial charge in [0.2, 0.25) is 0 Å². The molecule has 2 N–H and O–H groups in total. The summed E-state index contributed by atoms with van der Waals surface area (Å²) in [6, 6.07) is 10.5. The summed E-state index contributed by atoms with van der Waals surface area (Å²) in [6.07, 6.45) is 0. The maximum atomic E-state index is 13.0. The van der Waals surface area contributed by atoms with Crippen LogP contribution in [0.3, 0.4) is 0 Å². The van der Waals surface area contributed by atoms with Gasteiger partial charge in [-0.3, -0.25) is 13.9 Å². The van der Waals surface area contributed by atoms with E-state index in [0.29, 0.717) is 37.4 Å². The Hall–Kier alpha value is -2.83. The van der Waals surface area contributed by atoms with Gasteiger partial charge in [0.1, 0.15) is 5.82 Å². The molecule has 6 nitrogen and oxygen atoms in total. The van der Waals surface area contributed by atoms with Crippen molar-refractivity contribution in [3.63, 3.8) is 0 Å². The first-order valence-electron chi connectivity index (χ1n) is 8.04. The van der Waals surface area contributed by atoms with Gasteiger partial charge in [-0.1, -0.05) is 41.4 Å². The number of rotatable bonds is 1. The summed E-state index contributed by atoms with van der Waals surface area (Å²) in [5, 5.41) is 2.31. The van der Waals surface area contributed by atoms with Gasteiger partial charge >= 0.3 is 5.69 Å². The van der Waals surface area contributed by atoms with Crippen LogP contribution in [0.5, 0.6) is 0 Å². The number of halogens is 2. The van der Waals surface area contributed by atoms with E-state index in [1.54, 1.807) is 30.3 Å². The Bertz CT molecular complexity index is 1370. The van der Waals surface area contributed by atoms with Crippen LogP contribution >= 0.6 is 23.2 Å². The quantitative estimate of drug-likeness (QED) is 0.496. The molecule has 27 heavy (non-hydrogen) atoms. The number of nitrogens with two attached hydrogens (primary N) is 1. The van der Waals surface area contributed by atoms with E-state index in [2.05, 4.69) is 4.98 Å². The number of fused-ring (bicyclic) bond motifs is 2. The molecule has 0 spiro atoms. The molecule has 2 aromatic carbocycles. The van der Waals surface area contributed by atoms with Gasteiger partial charge in [0.05, 0.1) is 21.6 Å². The Morgan fingerprint density at radius 2 is 1.70 bits per heavy atom. The monoisotopic (exact) mass is 400 g/mol. The molecule has 2 aromatic heterocycles. The standard InChI is InChI=1S/C19H14Cl2N4O2/c1-24-17(22)15(18(26)25(2)19(24)27)14-10-7-6-9(20)8-13(10)23-16-11(14)4-3-5-12(16)21/h3-8H,22H2,1-2H3. The molecule has 0 fully saturated rings. The highest BCUT2D eigenvalue weighted by atomic mass is 35.5. The molecule has 0 bridgehead atoms. The molecule has 0 atom stereocenters. The molecule has 0 aliphatic rings. The van der Waals surface area contributed by atoms with Crippen molar-refractivity contribution in [3.8, 4) is 11.1 Å². The van der Waals surface area contributed by atoms with Crippen molar-refractivity contribution in [2.45, 2.75) is 0 Å². The van der Waals surface area contributed by atoms with Crippen LogP contribution < -0.4 is 17.0 Å². The maximum Gasteiger partial charge on any atom is 0.332 e. The highest BCUT2D eigenvalue weighted by molar-refractivity contribution is 6.36. The van der Waals surface area contributed by atoms with E-state index in [1.165, 1.54) is 18.7 Å². The molecule has 0 amide bonds. The average Bonchev–Trinajstić information content (AvgIpc) is 2.65. The third kappa shape index (κ3) is 2.52. The lowest BCUT2D eigenvalue weighted by atomic mass is 9.97. The van der Waals surface area contributed by atoms with Crippen molar-refractivity contribution in [1.82, 2.24) is 14.1 Å². The van der Waals surface area contributed by atoms with Gasteiger partial charge in [-0.2, -0.15) is 0 Å². The summed E-state index contributed by atoms with van der Waals surface area (Å²) in [5.74, 6) is 0.0758.